The van der Waals surface area contributed by atoms with E-state index >= 15 is 0 Å². The van der Waals surface area contributed by atoms with Crippen molar-refractivity contribution in [1.29, 1.82) is 0 Å². The third-order valence-corrected chi connectivity index (χ3v) is 4.62. The molecular weight excluding hydrogens is 312 g/mol. The summed E-state index contributed by atoms with van der Waals surface area (Å²) in [6, 6.07) is 16.6. The van der Waals surface area contributed by atoms with Crippen LogP contribution in [-0.4, -0.2) is 23.3 Å². The fourth-order valence-electron chi connectivity index (χ4n) is 3.19. The van der Waals surface area contributed by atoms with Crippen molar-refractivity contribution < 1.29 is 4.42 Å². The molecule has 0 spiro atoms. The van der Waals surface area contributed by atoms with Gasteiger partial charge in [-0.1, -0.05) is 18.2 Å². The molecule has 1 saturated heterocycles. The molecule has 128 valence electrons. The minimum atomic E-state index is 0.516. The highest BCUT2D eigenvalue weighted by atomic mass is 16.4. The molecule has 1 fully saturated rings. The van der Waals surface area contributed by atoms with Crippen molar-refractivity contribution in [2.75, 3.05) is 23.3 Å². The normalized spacial score (nSPS) is 14.0. The Morgan fingerprint density at radius 1 is 1.00 bits per heavy atom. The maximum Gasteiger partial charge on any atom is 0.248 e. The summed E-state index contributed by atoms with van der Waals surface area (Å²) in [5, 5.41) is 11.6. The Hall–Kier alpha value is -2.82. The van der Waals surface area contributed by atoms with E-state index in [-0.39, 0.29) is 0 Å². The van der Waals surface area contributed by atoms with Crippen molar-refractivity contribution in [1.82, 2.24) is 10.2 Å². The largest absolute Gasteiger partial charge is 0.419 e. The zero-order chi connectivity index (χ0) is 17.1. The Bertz CT molecular complexity index is 835. The number of rotatable bonds is 5. The molecule has 0 radical (unpaired) electrons. The van der Waals surface area contributed by atoms with E-state index in [2.05, 4.69) is 44.7 Å². The van der Waals surface area contributed by atoms with Crippen molar-refractivity contribution in [3.05, 3.63) is 60.0 Å². The summed E-state index contributed by atoms with van der Waals surface area (Å²) in [6.45, 7) is 4.88. The molecular formula is C20H22N4O. The Morgan fingerprint density at radius 3 is 2.52 bits per heavy atom. The van der Waals surface area contributed by atoms with Crippen molar-refractivity contribution >= 4 is 11.4 Å². The summed E-state index contributed by atoms with van der Waals surface area (Å²) < 4.78 is 5.78. The molecule has 1 aliphatic rings. The molecule has 0 saturated carbocycles. The molecule has 2 aromatic carbocycles. The van der Waals surface area contributed by atoms with E-state index in [4.69, 9.17) is 4.42 Å². The molecule has 0 amide bonds. The minimum absolute atomic E-state index is 0.516. The van der Waals surface area contributed by atoms with Gasteiger partial charge in [-0.25, -0.2) is 0 Å². The lowest BCUT2D eigenvalue weighted by atomic mass is 10.1. The topological polar surface area (TPSA) is 54.2 Å². The molecule has 3 aromatic rings. The number of aromatic nitrogens is 2. The van der Waals surface area contributed by atoms with Crippen LogP contribution in [0.25, 0.3) is 11.5 Å². The Kier molecular flexibility index (Phi) is 4.37. The smallest absolute Gasteiger partial charge is 0.248 e. The first-order chi connectivity index (χ1) is 12.3. The van der Waals surface area contributed by atoms with Gasteiger partial charge in [0, 0.05) is 30.0 Å². The van der Waals surface area contributed by atoms with Gasteiger partial charge < -0.3 is 14.6 Å². The van der Waals surface area contributed by atoms with Gasteiger partial charge in [-0.3, -0.25) is 0 Å². The highest BCUT2D eigenvalue weighted by molar-refractivity contribution is 5.58. The number of hydrogen-bond acceptors (Lipinski definition) is 5. The Morgan fingerprint density at radius 2 is 1.76 bits per heavy atom. The predicted octanol–water partition coefficient (Wildman–Crippen LogP) is 4.26. The van der Waals surface area contributed by atoms with Gasteiger partial charge in [0.25, 0.3) is 0 Å². The average Bonchev–Trinajstić information content (AvgIpc) is 3.33. The van der Waals surface area contributed by atoms with Crippen LogP contribution in [0.1, 0.15) is 24.3 Å². The molecule has 1 aromatic heterocycles. The molecule has 0 atom stereocenters. The van der Waals surface area contributed by atoms with E-state index in [0.717, 1.165) is 29.9 Å². The van der Waals surface area contributed by atoms with Crippen LogP contribution in [0.2, 0.25) is 0 Å². The summed E-state index contributed by atoms with van der Waals surface area (Å²) >= 11 is 0. The second-order valence-electron chi connectivity index (χ2n) is 6.41. The second kappa shape index (κ2) is 6.97. The predicted molar refractivity (Wildman–Crippen MR) is 99.7 cm³/mol. The van der Waals surface area contributed by atoms with Gasteiger partial charge in [-0.05, 0) is 55.7 Å². The van der Waals surface area contributed by atoms with Gasteiger partial charge in [0.05, 0.1) is 6.54 Å². The van der Waals surface area contributed by atoms with E-state index in [1.807, 2.05) is 31.2 Å². The van der Waals surface area contributed by atoms with Crippen LogP contribution in [0.3, 0.4) is 0 Å². The molecule has 1 aliphatic heterocycles. The van der Waals surface area contributed by atoms with Crippen LogP contribution in [-0.2, 0) is 6.54 Å². The number of nitrogens with zero attached hydrogens (tertiary/aromatic N) is 3. The van der Waals surface area contributed by atoms with Crippen LogP contribution in [0, 0.1) is 6.92 Å². The Labute approximate surface area is 147 Å². The molecule has 5 heteroatoms. The maximum absolute atomic E-state index is 5.78. The summed E-state index contributed by atoms with van der Waals surface area (Å²) in [5.41, 5.74) is 4.46. The highest BCUT2D eigenvalue weighted by Gasteiger charge is 2.12. The molecule has 25 heavy (non-hydrogen) atoms. The lowest BCUT2D eigenvalue weighted by Crippen LogP contribution is -2.17. The van der Waals surface area contributed by atoms with Crippen LogP contribution < -0.4 is 10.2 Å². The Balaban J connectivity index is 1.39. The molecule has 0 unspecified atom stereocenters. The van der Waals surface area contributed by atoms with Crippen LogP contribution >= 0.6 is 0 Å². The van der Waals surface area contributed by atoms with E-state index in [9.17, 15) is 0 Å². The maximum atomic E-state index is 5.78. The number of anilines is 2. The first kappa shape index (κ1) is 15.7. The van der Waals surface area contributed by atoms with Gasteiger partial charge >= 0.3 is 0 Å². The molecule has 0 aliphatic carbocycles. The van der Waals surface area contributed by atoms with Crippen molar-refractivity contribution in [2.24, 2.45) is 0 Å². The molecule has 4 rings (SSSR count). The van der Waals surface area contributed by atoms with Crippen molar-refractivity contribution in [3.63, 3.8) is 0 Å². The van der Waals surface area contributed by atoms with E-state index in [1.54, 1.807) is 0 Å². The number of benzene rings is 2. The van der Waals surface area contributed by atoms with Crippen LogP contribution in [0.15, 0.2) is 52.9 Å². The highest BCUT2D eigenvalue weighted by Crippen LogP contribution is 2.23. The lowest BCUT2D eigenvalue weighted by Gasteiger charge is -2.17. The molecule has 1 N–H and O–H groups in total. The fourth-order valence-corrected chi connectivity index (χ4v) is 3.19. The van der Waals surface area contributed by atoms with Gasteiger partial charge in [-0.15, -0.1) is 10.2 Å². The monoisotopic (exact) mass is 334 g/mol. The van der Waals surface area contributed by atoms with E-state index in [0.29, 0.717) is 18.3 Å². The number of aryl methyl sites for hydroxylation is 1. The van der Waals surface area contributed by atoms with Gasteiger partial charge in [0.2, 0.25) is 11.8 Å². The van der Waals surface area contributed by atoms with Gasteiger partial charge in [0.1, 0.15) is 0 Å². The van der Waals surface area contributed by atoms with E-state index < -0.39 is 0 Å². The lowest BCUT2D eigenvalue weighted by molar-refractivity contribution is 0.514. The van der Waals surface area contributed by atoms with Crippen LogP contribution in [0.4, 0.5) is 11.4 Å². The second-order valence-corrected chi connectivity index (χ2v) is 6.41. The first-order valence-corrected chi connectivity index (χ1v) is 8.77. The zero-order valence-corrected chi connectivity index (χ0v) is 14.4. The third kappa shape index (κ3) is 3.50. The zero-order valence-electron chi connectivity index (χ0n) is 14.4. The molecule has 0 bridgehead atoms. The van der Waals surface area contributed by atoms with Crippen molar-refractivity contribution in [2.45, 2.75) is 26.3 Å². The quantitative estimate of drug-likeness (QED) is 0.755. The number of hydrogen-bond donors (Lipinski definition) is 1. The summed E-state index contributed by atoms with van der Waals surface area (Å²) in [4.78, 5) is 2.43. The minimum Gasteiger partial charge on any atom is -0.419 e. The SMILES string of the molecule is Cc1ccccc1-c1nnc(CNc2ccc(N3CCCC3)cc2)o1. The van der Waals surface area contributed by atoms with Crippen LogP contribution in [0.5, 0.6) is 0 Å². The summed E-state index contributed by atoms with van der Waals surface area (Å²) in [6.07, 6.45) is 2.58. The van der Waals surface area contributed by atoms with E-state index in [1.165, 1.54) is 18.5 Å². The van der Waals surface area contributed by atoms with Gasteiger partial charge in [-0.2, -0.15) is 0 Å². The molecule has 2 heterocycles. The fraction of sp³-hybridized carbons (Fsp3) is 0.300. The van der Waals surface area contributed by atoms with Gasteiger partial charge in [0.15, 0.2) is 0 Å². The number of nitrogens with one attached hydrogen (secondary N) is 1. The summed E-state index contributed by atoms with van der Waals surface area (Å²) in [7, 11) is 0. The third-order valence-electron chi connectivity index (χ3n) is 4.62. The molecule has 5 nitrogen and oxygen atoms in total. The first-order valence-electron chi connectivity index (χ1n) is 8.77. The standard InChI is InChI=1S/C20H22N4O/c1-15-6-2-3-7-18(15)20-23-22-19(25-20)14-21-16-8-10-17(11-9-16)24-12-4-5-13-24/h2-3,6-11,21H,4-5,12-14H2,1H3. The van der Waals surface area contributed by atoms with Crippen molar-refractivity contribution in [3.8, 4) is 11.5 Å². The average molecular weight is 334 g/mol. The summed E-state index contributed by atoms with van der Waals surface area (Å²) in [5.74, 6) is 1.15.